The number of cyclic esters (lactones) is 4. The molecule has 6 nitrogen and oxygen atoms in total. The van der Waals surface area contributed by atoms with Gasteiger partial charge in [-0.05, 0) is 25.7 Å². The maximum atomic E-state index is 12.1. The highest BCUT2D eigenvalue weighted by Gasteiger charge is 2.60. The van der Waals surface area contributed by atoms with E-state index >= 15 is 0 Å². The average molecular weight is 336 g/mol. The van der Waals surface area contributed by atoms with Crippen LogP contribution in [0.2, 0.25) is 0 Å². The lowest BCUT2D eigenvalue weighted by Gasteiger charge is -2.43. The van der Waals surface area contributed by atoms with Gasteiger partial charge in [0, 0.05) is 11.8 Å². The third-order valence-corrected chi connectivity index (χ3v) is 6.00. The molecule has 2 aliphatic heterocycles. The van der Waals surface area contributed by atoms with Crippen molar-refractivity contribution in [2.45, 2.75) is 69.8 Å². The molecule has 2 heterocycles. The second kappa shape index (κ2) is 6.30. The molecule has 6 heteroatoms. The Balaban J connectivity index is 1.77. The maximum Gasteiger partial charge on any atom is 0.514 e. The Labute approximate surface area is 141 Å². The van der Waals surface area contributed by atoms with Gasteiger partial charge in [0.25, 0.3) is 0 Å². The summed E-state index contributed by atoms with van der Waals surface area (Å²) in [6.07, 6.45) is 9.62. The van der Waals surface area contributed by atoms with Gasteiger partial charge in [-0.2, -0.15) is 0 Å². The Morgan fingerprint density at radius 1 is 0.750 bits per heavy atom. The minimum atomic E-state index is -0.777. The molecule has 0 bridgehead atoms. The van der Waals surface area contributed by atoms with Crippen molar-refractivity contribution in [3.05, 3.63) is 11.5 Å². The molecule has 0 N–H and O–H groups in total. The van der Waals surface area contributed by atoms with Crippen molar-refractivity contribution in [2.75, 3.05) is 6.61 Å². The largest absolute Gasteiger partial charge is 0.514 e. The summed E-state index contributed by atoms with van der Waals surface area (Å²) in [5.74, 6) is 1.18. The zero-order valence-electron chi connectivity index (χ0n) is 13.9. The fraction of sp³-hybridized carbons (Fsp3) is 0.778. The highest BCUT2D eigenvalue weighted by atomic mass is 16.8. The molecule has 2 saturated carbocycles. The van der Waals surface area contributed by atoms with Crippen LogP contribution in [-0.2, 0) is 18.9 Å². The summed E-state index contributed by atoms with van der Waals surface area (Å²) in [6, 6.07) is 0. The lowest BCUT2D eigenvalue weighted by molar-refractivity contribution is -0.0512. The predicted octanol–water partition coefficient (Wildman–Crippen LogP) is 4.43. The summed E-state index contributed by atoms with van der Waals surface area (Å²) >= 11 is 0. The Hall–Kier alpha value is -1.72. The van der Waals surface area contributed by atoms with E-state index < -0.39 is 17.9 Å². The molecule has 4 aliphatic rings. The quantitative estimate of drug-likeness (QED) is 0.695. The van der Waals surface area contributed by atoms with Crippen molar-refractivity contribution >= 4 is 12.3 Å². The normalized spacial score (nSPS) is 31.3. The molecule has 4 rings (SSSR count). The number of ether oxygens (including phenoxy) is 4. The molecular formula is C18H24O6. The summed E-state index contributed by atoms with van der Waals surface area (Å²) in [4.78, 5) is 23.5. The second-order valence-electron chi connectivity index (χ2n) is 7.31. The van der Waals surface area contributed by atoms with Gasteiger partial charge in [-0.25, -0.2) is 9.59 Å². The highest BCUT2D eigenvalue weighted by molar-refractivity contribution is 5.69. The van der Waals surface area contributed by atoms with Crippen LogP contribution in [0.25, 0.3) is 0 Å². The second-order valence-corrected chi connectivity index (χ2v) is 7.31. The van der Waals surface area contributed by atoms with Crippen molar-refractivity contribution in [3.63, 3.8) is 0 Å². The number of carbonyl (C=O) groups excluding carboxylic acids is 2. The summed E-state index contributed by atoms with van der Waals surface area (Å²) < 4.78 is 21.5. The third kappa shape index (κ3) is 2.56. The Kier molecular flexibility index (Phi) is 4.14. The van der Waals surface area contributed by atoms with Gasteiger partial charge in [0.05, 0.1) is 0 Å². The smallest absolute Gasteiger partial charge is 0.426 e. The van der Waals surface area contributed by atoms with Crippen LogP contribution in [0, 0.1) is 11.8 Å². The van der Waals surface area contributed by atoms with Crippen LogP contribution in [0.3, 0.4) is 0 Å². The summed E-state index contributed by atoms with van der Waals surface area (Å²) in [5, 5.41) is 0. The molecule has 4 fully saturated rings. The molecule has 0 spiro atoms. The molecule has 24 heavy (non-hydrogen) atoms. The zero-order valence-corrected chi connectivity index (χ0v) is 13.9. The summed E-state index contributed by atoms with van der Waals surface area (Å²) in [6.45, 7) is 0.0198. The lowest BCUT2D eigenvalue weighted by atomic mass is 9.65. The number of carbonyl (C=O) groups is 2. The molecule has 0 atom stereocenters. The number of hydrogen-bond acceptors (Lipinski definition) is 6. The zero-order chi connectivity index (χ0) is 16.6. The van der Waals surface area contributed by atoms with Crippen LogP contribution >= 0.6 is 0 Å². The summed E-state index contributed by atoms with van der Waals surface area (Å²) in [5.41, 5.74) is -0.777. The Bertz CT molecular complexity index is 536. The molecular weight excluding hydrogens is 312 g/mol. The van der Waals surface area contributed by atoms with Crippen LogP contribution in [0.1, 0.15) is 64.2 Å². The molecule has 2 saturated heterocycles. The standard InChI is InChI=1S/C18H24O6/c19-16-21-11-14(22-16)15-18(24-17(20)23-15,12-7-3-1-4-8-12)13-9-5-2-6-10-13/h12-13H,1-11H2/b15-14-. The van der Waals surface area contributed by atoms with E-state index in [1.807, 2.05) is 0 Å². The molecule has 0 unspecified atom stereocenters. The first-order valence-corrected chi connectivity index (χ1v) is 9.19. The molecule has 0 radical (unpaired) electrons. The van der Waals surface area contributed by atoms with Gasteiger partial charge in [0.2, 0.25) is 0 Å². The van der Waals surface area contributed by atoms with E-state index in [0.29, 0.717) is 11.5 Å². The van der Waals surface area contributed by atoms with E-state index in [1.165, 1.54) is 12.8 Å². The van der Waals surface area contributed by atoms with Gasteiger partial charge in [-0.15, -0.1) is 0 Å². The first-order chi connectivity index (χ1) is 11.7. The van der Waals surface area contributed by atoms with E-state index in [2.05, 4.69) is 0 Å². The van der Waals surface area contributed by atoms with E-state index in [4.69, 9.17) is 18.9 Å². The van der Waals surface area contributed by atoms with Crippen LogP contribution in [-0.4, -0.2) is 24.5 Å². The van der Waals surface area contributed by atoms with E-state index in [1.54, 1.807) is 0 Å². The Morgan fingerprint density at radius 3 is 1.83 bits per heavy atom. The van der Waals surface area contributed by atoms with E-state index in [-0.39, 0.29) is 18.4 Å². The van der Waals surface area contributed by atoms with Gasteiger partial charge in [0.1, 0.15) is 0 Å². The Morgan fingerprint density at radius 2 is 1.33 bits per heavy atom. The molecule has 0 amide bonds. The third-order valence-electron chi connectivity index (χ3n) is 6.00. The molecule has 0 aromatic heterocycles. The van der Waals surface area contributed by atoms with Crippen molar-refractivity contribution in [1.82, 2.24) is 0 Å². The number of hydrogen-bond donors (Lipinski definition) is 0. The first-order valence-electron chi connectivity index (χ1n) is 9.19. The van der Waals surface area contributed by atoms with Gasteiger partial charge in [0.15, 0.2) is 23.7 Å². The summed E-state index contributed by atoms with van der Waals surface area (Å²) in [7, 11) is 0. The van der Waals surface area contributed by atoms with Crippen molar-refractivity contribution in [3.8, 4) is 0 Å². The van der Waals surface area contributed by atoms with Gasteiger partial charge in [-0.1, -0.05) is 38.5 Å². The topological polar surface area (TPSA) is 71.1 Å². The maximum absolute atomic E-state index is 12.1. The van der Waals surface area contributed by atoms with Crippen molar-refractivity contribution < 1.29 is 28.5 Å². The van der Waals surface area contributed by atoms with Crippen LogP contribution in [0.5, 0.6) is 0 Å². The average Bonchev–Trinajstić information content (AvgIpc) is 3.20. The van der Waals surface area contributed by atoms with E-state index in [0.717, 1.165) is 51.4 Å². The monoisotopic (exact) mass is 336 g/mol. The van der Waals surface area contributed by atoms with Gasteiger partial charge < -0.3 is 18.9 Å². The minimum absolute atomic E-state index is 0.0198. The van der Waals surface area contributed by atoms with E-state index in [9.17, 15) is 9.59 Å². The fourth-order valence-corrected chi connectivity index (χ4v) is 4.97. The minimum Gasteiger partial charge on any atom is -0.426 e. The molecule has 0 aromatic carbocycles. The lowest BCUT2D eigenvalue weighted by Crippen LogP contribution is -2.48. The SMILES string of the molecule is O=C1OC/C(=C2/OC(=O)OC2(C2CCCCC2)C2CCCCC2)O1. The van der Waals surface area contributed by atoms with Crippen molar-refractivity contribution in [1.29, 1.82) is 0 Å². The molecule has 132 valence electrons. The highest BCUT2D eigenvalue weighted by Crippen LogP contribution is 2.53. The van der Waals surface area contributed by atoms with Crippen LogP contribution in [0.4, 0.5) is 9.59 Å². The molecule has 2 aliphatic carbocycles. The van der Waals surface area contributed by atoms with Gasteiger partial charge >= 0.3 is 12.3 Å². The first kappa shape index (κ1) is 15.8. The molecule has 0 aromatic rings. The van der Waals surface area contributed by atoms with Crippen LogP contribution in [0.15, 0.2) is 11.5 Å². The fourth-order valence-electron chi connectivity index (χ4n) is 4.97. The number of rotatable bonds is 2. The predicted molar refractivity (Wildman–Crippen MR) is 82.9 cm³/mol. The van der Waals surface area contributed by atoms with Crippen molar-refractivity contribution in [2.24, 2.45) is 11.8 Å². The van der Waals surface area contributed by atoms with Gasteiger partial charge in [-0.3, -0.25) is 0 Å². The van der Waals surface area contributed by atoms with Crippen LogP contribution < -0.4 is 0 Å².